The molecule has 0 aliphatic rings. The standard InChI is InChI=1S/C6H12N2O4S2/c7-3(5(9)10)1-14(13)2-4(8)6(11)12/h3,11-12H,1-2,7-8H2,(H,9,10). The Labute approximate surface area is 87.8 Å². The van der Waals surface area contributed by atoms with Crippen molar-refractivity contribution < 1.29 is 20.1 Å². The Morgan fingerprint density at radius 1 is 1.43 bits per heavy atom. The number of hydrogen-bond donors (Lipinski definition) is 5. The first-order valence-corrected chi connectivity index (χ1v) is 6.03. The first-order valence-electron chi connectivity index (χ1n) is 3.54. The monoisotopic (exact) mass is 240 g/mol. The van der Waals surface area contributed by atoms with Gasteiger partial charge in [0.15, 0.2) is 0 Å². The Balaban J connectivity index is 4.13. The van der Waals surface area contributed by atoms with Gasteiger partial charge in [-0.15, -0.1) is 9.45 Å². The lowest BCUT2D eigenvalue weighted by atomic mass is 10.4. The number of carbonyl (C=O) groups is 1. The molecule has 0 spiro atoms. The van der Waals surface area contributed by atoms with Crippen molar-refractivity contribution in [2.45, 2.75) is 6.04 Å². The number of hydrogen-bond acceptors (Lipinski definition) is 6. The van der Waals surface area contributed by atoms with Gasteiger partial charge in [0.2, 0.25) is 0 Å². The molecule has 14 heavy (non-hydrogen) atoms. The third-order valence-corrected chi connectivity index (χ3v) is 3.41. The minimum Gasteiger partial charge on any atom is -0.480 e. The Morgan fingerprint density at radius 2 is 1.93 bits per heavy atom. The average Bonchev–Trinajstić information content (AvgIpc) is 2.03. The first kappa shape index (κ1) is 13.1. The predicted octanol–water partition coefficient (Wildman–Crippen LogP) is -1.28. The van der Waals surface area contributed by atoms with E-state index in [1.54, 1.807) is 0 Å². The van der Waals surface area contributed by atoms with Crippen LogP contribution in [0.4, 0.5) is 0 Å². The van der Waals surface area contributed by atoms with Gasteiger partial charge < -0.3 is 26.8 Å². The molecule has 0 rings (SSSR count). The van der Waals surface area contributed by atoms with Crippen molar-refractivity contribution in [3.63, 3.8) is 0 Å². The van der Waals surface area contributed by atoms with Gasteiger partial charge >= 0.3 is 5.97 Å². The molecule has 0 amide bonds. The van der Waals surface area contributed by atoms with Gasteiger partial charge in [0.1, 0.15) is 6.04 Å². The highest BCUT2D eigenvalue weighted by Gasteiger charge is 2.14. The molecule has 2 atom stereocenters. The second kappa shape index (κ2) is 5.78. The topological polar surface area (TPSA) is 130 Å². The summed E-state index contributed by atoms with van der Waals surface area (Å²) in [6.07, 6.45) is 0. The molecule has 8 heteroatoms. The molecule has 82 valence electrons. The molecular weight excluding hydrogens is 228 g/mol. The molecule has 0 saturated carbocycles. The van der Waals surface area contributed by atoms with E-state index in [9.17, 15) is 4.79 Å². The lowest BCUT2D eigenvalue weighted by molar-refractivity contribution is -0.137. The fraction of sp³-hybridized carbons (Fsp3) is 0.500. The summed E-state index contributed by atoms with van der Waals surface area (Å²) in [6, 6.07) is -1.04. The van der Waals surface area contributed by atoms with E-state index < -0.39 is 27.4 Å². The van der Waals surface area contributed by atoms with E-state index in [1.165, 1.54) is 0 Å². The van der Waals surface area contributed by atoms with E-state index in [1.807, 2.05) is 0 Å². The molecule has 0 aromatic heterocycles. The summed E-state index contributed by atoms with van der Waals surface area (Å²) >= 11 is 4.88. The van der Waals surface area contributed by atoms with E-state index in [0.29, 0.717) is 0 Å². The molecular formula is C6H12N2O4S2. The van der Waals surface area contributed by atoms with Crippen LogP contribution in [0.25, 0.3) is 0 Å². The number of carboxylic acid groups (broad SMARTS) is 1. The van der Waals surface area contributed by atoms with Gasteiger partial charge in [-0.3, -0.25) is 4.79 Å². The van der Waals surface area contributed by atoms with Crippen LogP contribution in [0.2, 0.25) is 0 Å². The van der Waals surface area contributed by atoms with Crippen LogP contribution in [0, 0.1) is 0 Å². The fourth-order valence-electron chi connectivity index (χ4n) is 0.568. The van der Waals surface area contributed by atoms with E-state index in [4.69, 9.17) is 38.0 Å². The quantitative estimate of drug-likeness (QED) is 0.378. The number of aliphatic hydroxyl groups is 2. The summed E-state index contributed by atoms with van der Waals surface area (Å²) in [6.45, 7) is 0. The second-order valence-electron chi connectivity index (χ2n) is 2.54. The molecule has 0 aliphatic heterocycles. The number of aliphatic hydroxyl groups excluding tert-OH is 1. The molecule has 0 aromatic rings. The third-order valence-electron chi connectivity index (χ3n) is 1.29. The molecule has 0 heterocycles. The van der Waals surface area contributed by atoms with E-state index in [0.717, 1.165) is 0 Å². The van der Waals surface area contributed by atoms with E-state index in [2.05, 4.69) is 0 Å². The number of nitrogens with two attached hydrogens (primary N) is 2. The summed E-state index contributed by atoms with van der Waals surface area (Å²) in [5, 5.41) is 25.5. The van der Waals surface area contributed by atoms with Crippen LogP contribution in [-0.4, -0.2) is 38.8 Å². The summed E-state index contributed by atoms with van der Waals surface area (Å²) in [5.41, 5.74) is 10.3. The average molecular weight is 240 g/mol. The van der Waals surface area contributed by atoms with E-state index >= 15 is 0 Å². The Bertz CT molecular complexity index is 275. The zero-order chi connectivity index (χ0) is 11.3. The van der Waals surface area contributed by atoms with Crippen LogP contribution >= 0.6 is 0 Å². The zero-order valence-electron chi connectivity index (χ0n) is 7.21. The highest BCUT2D eigenvalue weighted by Crippen LogP contribution is 1.96. The summed E-state index contributed by atoms with van der Waals surface area (Å²) in [5.74, 6) is -1.98. The molecule has 0 saturated heterocycles. The van der Waals surface area contributed by atoms with Crippen LogP contribution in [-0.2, 0) is 25.4 Å². The van der Waals surface area contributed by atoms with Crippen LogP contribution in [0.3, 0.4) is 0 Å². The smallest absolute Gasteiger partial charge is 0.321 e. The van der Waals surface area contributed by atoms with Gasteiger partial charge in [-0.05, 0) is 0 Å². The van der Waals surface area contributed by atoms with Gasteiger partial charge in [0.25, 0.3) is 5.95 Å². The van der Waals surface area contributed by atoms with Gasteiger partial charge in [-0.25, -0.2) is 0 Å². The zero-order valence-corrected chi connectivity index (χ0v) is 8.85. The highest BCUT2D eigenvalue weighted by molar-refractivity contribution is 8.29. The molecule has 0 bridgehead atoms. The van der Waals surface area contributed by atoms with Crippen LogP contribution < -0.4 is 11.5 Å². The van der Waals surface area contributed by atoms with Crippen molar-refractivity contribution >= 4 is 26.6 Å². The molecule has 0 aliphatic carbocycles. The Morgan fingerprint density at radius 3 is 2.29 bits per heavy atom. The maximum atomic E-state index is 10.3. The minimum absolute atomic E-state index is 0.0542. The first-order chi connectivity index (χ1) is 6.34. The molecule has 2 unspecified atom stereocenters. The van der Waals surface area contributed by atoms with Crippen molar-refractivity contribution in [2.24, 2.45) is 11.5 Å². The maximum absolute atomic E-state index is 10.3. The number of aliphatic carboxylic acids is 1. The normalized spacial score (nSPS) is 14.4. The summed E-state index contributed by atoms with van der Waals surface area (Å²) in [4.78, 5) is 10.3. The third kappa shape index (κ3) is 5.00. The minimum atomic E-state index is -1.14. The van der Waals surface area contributed by atoms with Crippen molar-refractivity contribution in [3.8, 4) is 0 Å². The molecule has 0 radical (unpaired) electrons. The lowest BCUT2D eigenvalue weighted by Crippen LogP contribution is -2.36. The van der Waals surface area contributed by atoms with Crippen molar-refractivity contribution in [1.29, 1.82) is 0 Å². The van der Waals surface area contributed by atoms with Crippen LogP contribution in [0.5, 0.6) is 0 Å². The molecule has 6 nitrogen and oxygen atoms in total. The van der Waals surface area contributed by atoms with E-state index in [-0.39, 0.29) is 17.2 Å². The number of carboxylic acids is 1. The molecule has 0 fully saturated rings. The van der Waals surface area contributed by atoms with Crippen LogP contribution in [0.1, 0.15) is 0 Å². The number of rotatable bonds is 5. The Kier molecular flexibility index (Phi) is 5.43. The predicted molar refractivity (Wildman–Crippen MR) is 56.5 cm³/mol. The van der Waals surface area contributed by atoms with Crippen molar-refractivity contribution in [3.05, 3.63) is 11.6 Å². The van der Waals surface area contributed by atoms with Gasteiger partial charge in [0, 0.05) is 11.5 Å². The summed E-state index contributed by atoms with van der Waals surface area (Å²) in [7, 11) is -0.797. The van der Waals surface area contributed by atoms with Gasteiger partial charge in [-0.2, -0.15) is 0 Å². The SMILES string of the molecule is NC(CS(=S)CC(N)C(=O)O)=C(O)O. The highest BCUT2D eigenvalue weighted by atomic mass is 32.8. The maximum Gasteiger partial charge on any atom is 0.321 e. The fourth-order valence-corrected chi connectivity index (χ4v) is 2.53. The van der Waals surface area contributed by atoms with Gasteiger partial charge in [0.05, 0.1) is 5.70 Å². The molecule has 0 aromatic carbocycles. The molecule has 7 N–H and O–H groups in total. The largest absolute Gasteiger partial charge is 0.480 e. The Hall–Kier alpha value is -0.860. The van der Waals surface area contributed by atoms with Crippen molar-refractivity contribution in [2.75, 3.05) is 11.5 Å². The second-order valence-corrected chi connectivity index (χ2v) is 5.46. The van der Waals surface area contributed by atoms with Crippen molar-refractivity contribution in [1.82, 2.24) is 0 Å². The lowest BCUT2D eigenvalue weighted by Gasteiger charge is -2.08. The summed E-state index contributed by atoms with van der Waals surface area (Å²) < 4.78 is 0. The van der Waals surface area contributed by atoms with Gasteiger partial charge in [-0.1, -0.05) is 11.2 Å². The van der Waals surface area contributed by atoms with Crippen LogP contribution in [0.15, 0.2) is 11.6 Å².